The third kappa shape index (κ3) is 3.40. The molecule has 1 rings (SSSR count). The molecule has 0 heterocycles. The standard InChI is InChI=1S/C10H12N2O3/c11-9(7-4-2-1-3-5-7)10(15)12-6-8(13)14/h1-5,9H,6,11H2,(H,12,15)(H,13,14). The summed E-state index contributed by atoms with van der Waals surface area (Å²) in [5, 5.41) is 10.6. The number of amides is 1. The molecule has 1 unspecified atom stereocenters. The van der Waals surface area contributed by atoms with Gasteiger partial charge in [0.05, 0.1) is 0 Å². The molecule has 4 N–H and O–H groups in total. The Morgan fingerprint density at radius 1 is 1.33 bits per heavy atom. The third-order valence-corrected chi connectivity index (χ3v) is 1.86. The van der Waals surface area contributed by atoms with E-state index >= 15 is 0 Å². The maximum absolute atomic E-state index is 11.3. The normalized spacial score (nSPS) is 11.8. The van der Waals surface area contributed by atoms with Crippen molar-refractivity contribution in [3.05, 3.63) is 35.9 Å². The molecule has 1 atom stereocenters. The molecule has 80 valence electrons. The van der Waals surface area contributed by atoms with Crippen molar-refractivity contribution >= 4 is 11.9 Å². The SMILES string of the molecule is NC(C(=O)NCC(=O)O)c1ccccc1. The van der Waals surface area contributed by atoms with Gasteiger partial charge >= 0.3 is 5.97 Å². The minimum atomic E-state index is -1.09. The van der Waals surface area contributed by atoms with Crippen LogP contribution in [-0.2, 0) is 9.59 Å². The predicted octanol–water partition coefficient (Wildman–Crippen LogP) is -0.113. The van der Waals surface area contributed by atoms with Crippen LogP contribution in [0.5, 0.6) is 0 Å². The van der Waals surface area contributed by atoms with Gasteiger partial charge in [0, 0.05) is 0 Å². The summed E-state index contributed by atoms with van der Waals surface area (Å²) in [6.45, 7) is -0.417. The van der Waals surface area contributed by atoms with Gasteiger partial charge in [0.1, 0.15) is 12.6 Å². The number of nitrogens with one attached hydrogen (secondary N) is 1. The number of hydrogen-bond donors (Lipinski definition) is 3. The minimum absolute atomic E-state index is 0.417. The Balaban J connectivity index is 2.57. The maximum Gasteiger partial charge on any atom is 0.322 e. The number of nitrogens with two attached hydrogens (primary N) is 1. The predicted molar refractivity (Wildman–Crippen MR) is 54.0 cm³/mol. The van der Waals surface area contributed by atoms with E-state index in [1.54, 1.807) is 24.3 Å². The quantitative estimate of drug-likeness (QED) is 0.643. The molecule has 1 amide bonds. The molecule has 1 aromatic carbocycles. The van der Waals surface area contributed by atoms with Crippen LogP contribution in [-0.4, -0.2) is 23.5 Å². The summed E-state index contributed by atoms with van der Waals surface area (Å²) >= 11 is 0. The Kier molecular flexibility index (Phi) is 3.82. The van der Waals surface area contributed by atoms with Gasteiger partial charge in [-0.15, -0.1) is 0 Å². The lowest BCUT2D eigenvalue weighted by Gasteiger charge is -2.10. The first-order valence-electron chi connectivity index (χ1n) is 4.41. The van der Waals surface area contributed by atoms with Crippen molar-refractivity contribution < 1.29 is 14.7 Å². The number of carboxylic acid groups (broad SMARTS) is 1. The first-order valence-corrected chi connectivity index (χ1v) is 4.41. The monoisotopic (exact) mass is 208 g/mol. The first-order chi connectivity index (χ1) is 7.11. The van der Waals surface area contributed by atoms with Crippen LogP contribution in [0.4, 0.5) is 0 Å². The molecule has 0 aliphatic rings. The van der Waals surface area contributed by atoms with E-state index in [2.05, 4.69) is 5.32 Å². The molecule has 5 heteroatoms. The molecule has 1 aromatic rings. The fourth-order valence-electron chi connectivity index (χ4n) is 1.08. The van der Waals surface area contributed by atoms with Crippen LogP contribution in [0.1, 0.15) is 11.6 Å². The van der Waals surface area contributed by atoms with Gasteiger partial charge in [-0.05, 0) is 5.56 Å². The smallest absolute Gasteiger partial charge is 0.322 e. The van der Waals surface area contributed by atoms with Crippen molar-refractivity contribution in [2.75, 3.05) is 6.54 Å². The largest absolute Gasteiger partial charge is 0.480 e. The van der Waals surface area contributed by atoms with E-state index in [4.69, 9.17) is 10.8 Å². The van der Waals surface area contributed by atoms with E-state index in [1.807, 2.05) is 6.07 Å². The zero-order valence-electron chi connectivity index (χ0n) is 8.01. The molecular weight excluding hydrogens is 196 g/mol. The molecule has 0 aromatic heterocycles. The lowest BCUT2D eigenvalue weighted by molar-refractivity contribution is -0.138. The van der Waals surface area contributed by atoms with Gasteiger partial charge in [-0.3, -0.25) is 9.59 Å². The van der Waals surface area contributed by atoms with Crippen LogP contribution in [0.2, 0.25) is 0 Å². The summed E-state index contributed by atoms with van der Waals surface area (Å²) in [4.78, 5) is 21.6. The highest BCUT2D eigenvalue weighted by Gasteiger charge is 2.15. The second kappa shape index (κ2) is 5.11. The van der Waals surface area contributed by atoms with Gasteiger partial charge in [0.2, 0.25) is 5.91 Å². The van der Waals surface area contributed by atoms with Crippen LogP contribution < -0.4 is 11.1 Å². The van der Waals surface area contributed by atoms with Crippen LogP contribution in [0.3, 0.4) is 0 Å². The molecule has 0 aliphatic heterocycles. The molecular formula is C10H12N2O3. The number of carbonyl (C=O) groups is 2. The summed E-state index contributed by atoms with van der Waals surface area (Å²) < 4.78 is 0. The summed E-state index contributed by atoms with van der Waals surface area (Å²) in [6.07, 6.45) is 0. The van der Waals surface area contributed by atoms with Gasteiger partial charge in [-0.25, -0.2) is 0 Å². The van der Waals surface area contributed by atoms with Crippen molar-refractivity contribution in [3.63, 3.8) is 0 Å². The van der Waals surface area contributed by atoms with E-state index in [1.165, 1.54) is 0 Å². The Morgan fingerprint density at radius 2 is 1.93 bits per heavy atom. The van der Waals surface area contributed by atoms with E-state index < -0.39 is 24.5 Å². The van der Waals surface area contributed by atoms with Gasteiger partial charge in [0.15, 0.2) is 0 Å². The summed E-state index contributed by atoms with van der Waals surface area (Å²) in [5.41, 5.74) is 6.27. The number of carboxylic acids is 1. The Hall–Kier alpha value is -1.88. The van der Waals surface area contributed by atoms with E-state index in [-0.39, 0.29) is 0 Å². The Bertz CT molecular complexity index is 351. The van der Waals surface area contributed by atoms with Crippen LogP contribution >= 0.6 is 0 Å². The van der Waals surface area contributed by atoms with Crippen molar-refractivity contribution in [1.29, 1.82) is 0 Å². The van der Waals surface area contributed by atoms with Gasteiger partial charge in [-0.2, -0.15) is 0 Å². The van der Waals surface area contributed by atoms with E-state index in [0.717, 1.165) is 0 Å². The number of rotatable bonds is 4. The topological polar surface area (TPSA) is 92.4 Å². The van der Waals surface area contributed by atoms with E-state index in [0.29, 0.717) is 5.56 Å². The second-order valence-electron chi connectivity index (χ2n) is 3.00. The zero-order valence-corrected chi connectivity index (χ0v) is 8.01. The first kappa shape index (κ1) is 11.2. The third-order valence-electron chi connectivity index (χ3n) is 1.86. The van der Waals surface area contributed by atoms with E-state index in [9.17, 15) is 9.59 Å². The molecule has 0 aliphatic carbocycles. The number of carbonyl (C=O) groups excluding carboxylic acids is 1. The average Bonchev–Trinajstić information content (AvgIpc) is 2.26. The summed E-state index contributed by atoms with van der Waals surface area (Å²) in [7, 11) is 0. The van der Waals surface area contributed by atoms with Crippen molar-refractivity contribution in [1.82, 2.24) is 5.32 Å². The van der Waals surface area contributed by atoms with Gasteiger partial charge < -0.3 is 16.2 Å². The highest BCUT2D eigenvalue weighted by molar-refractivity contribution is 5.85. The molecule has 15 heavy (non-hydrogen) atoms. The molecule has 0 bridgehead atoms. The van der Waals surface area contributed by atoms with Crippen LogP contribution in [0.25, 0.3) is 0 Å². The average molecular weight is 208 g/mol. The second-order valence-corrected chi connectivity index (χ2v) is 3.00. The summed E-state index contributed by atoms with van der Waals surface area (Å²) in [6, 6.07) is 7.94. The Labute approximate surface area is 86.9 Å². The van der Waals surface area contributed by atoms with Gasteiger partial charge in [0.25, 0.3) is 0 Å². The van der Waals surface area contributed by atoms with Crippen molar-refractivity contribution in [2.45, 2.75) is 6.04 Å². The fraction of sp³-hybridized carbons (Fsp3) is 0.200. The highest BCUT2D eigenvalue weighted by Crippen LogP contribution is 2.08. The van der Waals surface area contributed by atoms with Crippen molar-refractivity contribution in [2.24, 2.45) is 5.73 Å². The molecule has 5 nitrogen and oxygen atoms in total. The highest BCUT2D eigenvalue weighted by atomic mass is 16.4. The molecule has 0 saturated heterocycles. The molecule has 0 fully saturated rings. The minimum Gasteiger partial charge on any atom is -0.480 e. The summed E-state index contributed by atoms with van der Waals surface area (Å²) in [5.74, 6) is -1.59. The fourth-order valence-corrected chi connectivity index (χ4v) is 1.08. The molecule has 0 radical (unpaired) electrons. The van der Waals surface area contributed by atoms with Gasteiger partial charge in [-0.1, -0.05) is 30.3 Å². The van der Waals surface area contributed by atoms with Crippen LogP contribution in [0.15, 0.2) is 30.3 Å². The number of aliphatic carboxylic acids is 1. The Morgan fingerprint density at radius 3 is 2.47 bits per heavy atom. The lowest BCUT2D eigenvalue weighted by Crippen LogP contribution is -2.37. The van der Waals surface area contributed by atoms with Crippen LogP contribution in [0, 0.1) is 0 Å². The number of benzene rings is 1. The lowest BCUT2D eigenvalue weighted by atomic mass is 10.1. The zero-order chi connectivity index (χ0) is 11.3. The van der Waals surface area contributed by atoms with Crippen molar-refractivity contribution in [3.8, 4) is 0 Å². The molecule has 0 saturated carbocycles. The number of hydrogen-bond acceptors (Lipinski definition) is 3. The molecule has 0 spiro atoms. The maximum atomic E-state index is 11.3.